The van der Waals surface area contributed by atoms with Gasteiger partial charge in [-0.1, -0.05) is 48.3 Å². The van der Waals surface area contributed by atoms with E-state index in [4.69, 9.17) is 23.2 Å². The van der Waals surface area contributed by atoms with Gasteiger partial charge in [-0.15, -0.1) is 0 Å². The average Bonchev–Trinajstić information content (AvgIpc) is 2.46. The number of nitrogens with one attached hydrogen (secondary N) is 2. The number of hydrogen-bond acceptors (Lipinski definition) is 1. The molecule has 5 heteroatoms. The number of rotatable bonds is 4. The molecule has 1 atom stereocenters. The average molecular weight is 323 g/mol. The van der Waals surface area contributed by atoms with Crippen molar-refractivity contribution in [3.8, 4) is 0 Å². The van der Waals surface area contributed by atoms with Crippen LogP contribution in [0.15, 0.2) is 48.5 Å². The summed E-state index contributed by atoms with van der Waals surface area (Å²) in [5.74, 6) is 0. The van der Waals surface area contributed by atoms with Crippen molar-refractivity contribution < 1.29 is 4.79 Å². The predicted octanol–water partition coefficient (Wildman–Crippen LogP) is 5.27. The molecule has 2 rings (SSSR count). The lowest BCUT2D eigenvalue weighted by Crippen LogP contribution is -2.32. The van der Waals surface area contributed by atoms with Crippen molar-refractivity contribution in [2.45, 2.75) is 19.4 Å². The summed E-state index contributed by atoms with van der Waals surface area (Å²) < 4.78 is 0. The number of anilines is 1. The molecule has 0 radical (unpaired) electrons. The summed E-state index contributed by atoms with van der Waals surface area (Å²) in [5.41, 5.74) is 1.68. The Morgan fingerprint density at radius 1 is 1.10 bits per heavy atom. The first-order valence-corrected chi connectivity index (χ1v) is 7.42. The van der Waals surface area contributed by atoms with Crippen LogP contribution in [0.2, 0.25) is 10.0 Å². The van der Waals surface area contributed by atoms with Crippen molar-refractivity contribution in [2.24, 2.45) is 0 Å². The first kappa shape index (κ1) is 15.7. The summed E-state index contributed by atoms with van der Waals surface area (Å²) >= 11 is 11.8. The largest absolute Gasteiger partial charge is 0.331 e. The maximum Gasteiger partial charge on any atom is 0.319 e. The molecule has 0 aliphatic heterocycles. The van der Waals surface area contributed by atoms with Gasteiger partial charge < -0.3 is 10.6 Å². The molecule has 21 heavy (non-hydrogen) atoms. The summed E-state index contributed by atoms with van der Waals surface area (Å²) in [6, 6.07) is 14.2. The van der Waals surface area contributed by atoms with Crippen molar-refractivity contribution in [3.63, 3.8) is 0 Å². The quantitative estimate of drug-likeness (QED) is 0.791. The maximum absolute atomic E-state index is 12.0. The van der Waals surface area contributed by atoms with Crippen LogP contribution in [0, 0.1) is 0 Å². The molecule has 2 aromatic rings. The highest BCUT2D eigenvalue weighted by Gasteiger charge is 2.12. The Labute approximate surface area is 134 Å². The van der Waals surface area contributed by atoms with Gasteiger partial charge in [0.05, 0.1) is 6.04 Å². The van der Waals surface area contributed by atoms with E-state index in [1.54, 1.807) is 24.3 Å². The van der Waals surface area contributed by atoms with Gasteiger partial charge in [-0.05, 0) is 42.3 Å². The second-order valence-corrected chi connectivity index (χ2v) is 5.49. The van der Waals surface area contributed by atoms with Gasteiger partial charge in [0.1, 0.15) is 0 Å². The Hall–Kier alpha value is -1.71. The Morgan fingerprint density at radius 2 is 1.81 bits per heavy atom. The number of carbonyl (C=O) groups excluding carboxylic acids is 1. The molecule has 2 N–H and O–H groups in total. The molecule has 0 heterocycles. The van der Waals surface area contributed by atoms with Gasteiger partial charge in [-0.3, -0.25) is 0 Å². The molecule has 110 valence electrons. The van der Waals surface area contributed by atoms with Gasteiger partial charge >= 0.3 is 6.03 Å². The molecule has 0 aliphatic rings. The fraction of sp³-hybridized carbons (Fsp3) is 0.188. The number of carbonyl (C=O) groups is 1. The standard InChI is InChI=1S/C16H16Cl2N2O/c1-2-15(11-6-8-12(17)9-7-11)20-16(21)19-14-5-3-4-13(18)10-14/h3-10,15H,2H2,1H3,(H2,19,20,21). The molecule has 0 saturated heterocycles. The molecule has 0 fully saturated rings. The van der Waals surface area contributed by atoms with Gasteiger partial charge in [-0.25, -0.2) is 4.79 Å². The molecule has 0 bridgehead atoms. The van der Waals surface area contributed by atoms with Crippen LogP contribution < -0.4 is 10.6 Å². The molecule has 2 aromatic carbocycles. The van der Waals surface area contributed by atoms with E-state index in [1.165, 1.54) is 0 Å². The summed E-state index contributed by atoms with van der Waals surface area (Å²) in [6.45, 7) is 2.01. The maximum atomic E-state index is 12.0. The summed E-state index contributed by atoms with van der Waals surface area (Å²) in [7, 11) is 0. The van der Waals surface area contributed by atoms with E-state index in [-0.39, 0.29) is 12.1 Å². The molecule has 3 nitrogen and oxygen atoms in total. The fourth-order valence-electron chi connectivity index (χ4n) is 2.01. The van der Waals surface area contributed by atoms with Gasteiger partial charge in [0.2, 0.25) is 0 Å². The van der Waals surface area contributed by atoms with Crippen LogP contribution in [0.4, 0.5) is 10.5 Å². The van der Waals surface area contributed by atoms with Crippen LogP contribution in [0.1, 0.15) is 24.9 Å². The first-order chi connectivity index (χ1) is 10.1. The summed E-state index contributed by atoms with van der Waals surface area (Å²) in [4.78, 5) is 12.0. The molecule has 0 aliphatic carbocycles. The second-order valence-electron chi connectivity index (χ2n) is 4.62. The third-order valence-corrected chi connectivity index (χ3v) is 3.56. The van der Waals surface area contributed by atoms with Crippen molar-refractivity contribution in [2.75, 3.05) is 5.32 Å². The Morgan fingerprint density at radius 3 is 2.43 bits per heavy atom. The highest BCUT2D eigenvalue weighted by Crippen LogP contribution is 2.20. The molecule has 1 unspecified atom stereocenters. The zero-order valence-electron chi connectivity index (χ0n) is 11.6. The van der Waals surface area contributed by atoms with E-state index in [0.29, 0.717) is 15.7 Å². The van der Waals surface area contributed by atoms with Gasteiger partial charge in [0, 0.05) is 15.7 Å². The van der Waals surface area contributed by atoms with Crippen LogP contribution in [0.3, 0.4) is 0 Å². The van der Waals surface area contributed by atoms with E-state index in [2.05, 4.69) is 10.6 Å². The normalized spacial score (nSPS) is 11.8. The van der Waals surface area contributed by atoms with Crippen molar-refractivity contribution in [3.05, 3.63) is 64.1 Å². The van der Waals surface area contributed by atoms with E-state index in [0.717, 1.165) is 12.0 Å². The fourth-order valence-corrected chi connectivity index (χ4v) is 2.32. The number of urea groups is 1. The topological polar surface area (TPSA) is 41.1 Å². The molecule has 0 saturated carbocycles. The lowest BCUT2D eigenvalue weighted by molar-refractivity contribution is 0.248. The molecule has 2 amide bonds. The van der Waals surface area contributed by atoms with Gasteiger partial charge in [-0.2, -0.15) is 0 Å². The zero-order chi connectivity index (χ0) is 15.2. The van der Waals surface area contributed by atoms with Crippen LogP contribution in [0.25, 0.3) is 0 Å². The minimum absolute atomic E-state index is 0.0681. The third-order valence-electron chi connectivity index (χ3n) is 3.07. The molecule has 0 spiro atoms. The Balaban J connectivity index is 2.01. The summed E-state index contributed by atoms with van der Waals surface area (Å²) in [5, 5.41) is 6.96. The van der Waals surface area contributed by atoms with E-state index in [1.807, 2.05) is 31.2 Å². The second kappa shape index (κ2) is 7.34. The Bertz CT molecular complexity index is 614. The number of amides is 2. The smallest absolute Gasteiger partial charge is 0.319 e. The molecule has 0 aromatic heterocycles. The number of benzene rings is 2. The molecular weight excluding hydrogens is 307 g/mol. The van der Waals surface area contributed by atoms with Crippen LogP contribution in [-0.2, 0) is 0 Å². The van der Waals surface area contributed by atoms with Crippen LogP contribution in [0.5, 0.6) is 0 Å². The third kappa shape index (κ3) is 4.66. The highest BCUT2D eigenvalue weighted by molar-refractivity contribution is 6.31. The minimum Gasteiger partial charge on any atom is -0.331 e. The first-order valence-electron chi connectivity index (χ1n) is 6.67. The lowest BCUT2D eigenvalue weighted by Gasteiger charge is -2.18. The minimum atomic E-state index is -0.265. The zero-order valence-corrected chi connectivity index (χ0v) is 13.1. The van der Waals surface area contributed by atoms with E-state index < -0.39 is 0 Å². The number of halogens is 2. The van der Waals surface area contributed by atoms with Gasteiger partial charge in [0.25, 0.3) is 0 Å². The van der Waals surface area contributed by atoms with Crippen LogP contribution in [-0.4, -0.2) is 6.03 Å². The van der Waals surface area contributed by atoms with E-state index >= 15 is 0 Å². The van der Waals surface area contributed by atoms with Crippen molar-refractivity contribution >= 4 is 34.9 Å². The Kier molecular flexibility index (Phi) is 5.48. The van der Waals surface area contributed by atoms with Crippen molar-refractivity contribution in [1.82, 2.24) is 5.32 Å². The lowest BCUT2D eigenvalue weighted by atomic mass is 10.1. The van der Waals surface area contributed by atoms with E-state index in [9.17, 15) is 4.79 Å². The highest BCUT2D eigenvalue weighted by atomic mass is 35.5. The molecular formula is C16H16Cl2N2O. The van der Waals surface area contributed by atoms with Gasteiger partial charge in [0.15, 0.2) is 0 Å². The SMILES string of the molecule is CCC(NC(=O)Nc1cccc(Cl)c1)c1ccc(Cl)cc1. The van der Waals surface area contributed by atoms with Crippen molar-refractivity contribution in [1.29, 1.82) is 0 Å². The van der Waals surface area contributed by atoms with Crippen LogP contribution >= 0.6 is 23.2 Å². The predicted molar refractivity (Wildman–Crippen MR) is 88.1 cm³/mol. The monoisotopic (exact) mass is 322 g/mol. The summed E-state index contributed by atoms with van der Waals surface area (Å²) in [6.07, 6.45) is 0.782. The number of hydrogen-bond donors (Lipinski definition) is 2.